The molecule has 0 bridgehead atoms. The molecule has 5 rings (SSSR count). The van der Waals surface area contributed by atoms with E-state index in [1.54, 1.807) is 0 Å². The molecule has 3 aromatic carbocycles. The molecule has 1 fully saturated rings. The number of likely N-dealkylation sites (tertiary alicyclic amines) is 1. The van der Waals surface area contributed by atoms with E-state index in [9.17, 15) is 9.59 Å². The Morgan fingerprint density at radius 2 is 1.29 bits per heavy atom. The first kappa shape index (κ1) is 13.5. The number of hydrogen-bond acceptors (Lipinski definition) is 2. The van der Waals surface area contributed by atoms with E-state index in [4.69, 9.17) is 0 Å². The minimum atomic E-state index is -0.359. The summed E-state index contributed by atoms with van der Waals surface area (Å²) >= 11 is 0. The average molecular weight is 313 g/mol. The number of nitrogens with zero attached hydrogens (tertiary/aromatic N) is 1. The molecule has 0 saturated carbocycles. The van der Waals surface area contributed by atoms with Gasteiger partial charge in [-0.15, -0.1) is 0 Å². The van der Waals surface area contributed by atoms with Gasteiger partial charge in [-0.1, -0.05) is 66.7 Å². The molecule has 1 aliphatic heterocycles. The molecule has 0 spiro atoms. The topological polar surface area (TPSA) is 37.4 Å². The van der Waals surface area contributed by atoms with Crippen LogP contribution in [0.3, 0.4) is 0 Å². The second-order valence-corrected chi connectivity index (χ2v) is 6.50. The van der Waals surface area contributed by atoms with Crippen LogP contribution < -0.4 is 0 Å². The lowest BCUT2D eigenvalue weighted by atomic mass is 9.92. The van der Waals surface area contributed by atoms with Gasteiger partial charge in [0.05, 0.1) is 18.4 Å². The van der Waals surface area contributed by atoms with Gasteiger partial charge in [0.25, 0.3) is 0 Å². The zero-order chi connectivity index (χ0) is 16.3. The van der Waals surface area contributed by atoms with Gasteiger partial charge in [-0.3, -0.25) is 14.5 Å². The second-order valence-electron chi connectivity index (χ2n) is 6.50. The number of carbonyl (C=O) groups excluding carboxylic acids is 2. The molecule has 0 radical (unpaired) electrons. The number of benzene rings is 3. The first-order chi connectivity index (χ1) is 11.8. The maximum absolute atomic E-state index is 13.0. The number of fused-ring (bicyclic) bond motifs is 3. The average Bonchev–Trinajstić information content (AvgIpc) is 3.07. The fourth-order valence-corrected chi connectivity index (χ4v) is 4.19. The van der Waals surface area contributed by atoms with E-state index in [0.29, 0.717) is 6.54 Å². The molecule has 0 N–H and O–H groups in total. The lowest BCUT2D eigenvalue weighted by molar-refractivity contribution is -0.139. The van der Waals surface area contributed by atoms with E-state index >= 15 is 0 Å². The predicted molar refractivity (Wildman–Crippen MR) is 91.4 cm³/mol. The zero-order valence-electron chi connectivity index (χ0n) is 13.0. The van der Waals surface area contributed by atoms with Crippen LogP contribution in [0.1, 0.15) is 28.5 Å². The Morgan fingerprint density at radius 3 is 1.88 bits per heavy atom. The summed E-state index contributed by atoms with van der Waals surface area (Å²) in [6, 6.07) is 21.7. The lowest BCUT2D eigenvalue weighted by Crippen LogP contribution is -2.30. The number of hydrogen-bond donors (Lipinski definition) is 0. The maximum Gasteiger partial charge on any atom is 0.238 e. The Balaban J connectivity index is 1.61. The Kier molecular flexibility index (Phi) is 2.69. The summed E-state index contributed by atoms with van der Waals surface area (Å²) in [5.74, 6) is -0.861. The van der Waals surface area contributed by atoms with Crippen LogP contribution in [0.15, 0.2) is 66.7 Å². The van der Waals surface area contributed by atoms with E-state index in [0.717, 1.165) is 27.5 Å². The highest BCUT2D eigenvalue weighted by Crippen LogP contribution is 2.51. The summed E-state index contributed by atoms with van der Waals surface area (Å²) in [4.78, 5) is 27.5. The van der Waals surface area contributed by atoms with Crippen molar-refractivity contribution >= 4 is 22.6 Å². The fourth-order valence-electron chi connectivity index (χ4n) is 4.19. The normalized spacial score (nSPS) is 21.6. The van der Waals surface area contributed by atoms with Crippen LogP contribution in [0.25, 0.3) is 10.8 Å². The van der Waals surface area contributed by atoms with Crippen molar-refractivity contribution in [1.82, 2.24) is 4.90 Å². The molecular weight excluding hydrogens is 298 g/mol. The van der Waals surface area contributed by atoms with E-state index in [2.05, 4.69) is 0 Å². The van der Waals surface area contributed by atoms with Gasteiger partial charge in [-0.25, -0.2) is 0 Å². The van der Waals surface area contributed by atoms with Gasteiger partial charge in [0, 0.05) is 0 Å². The number of carbonyl (C=O) groups is 2. The first-order valence-electron chi connectivity index (χ1n) is 8.16. The monoisotopic (exact) mass is 313 g/mol. The Morgan fingerprint density at radius 1 is 0.708 bits per heavy atom. The van der Waals surface area contributed by atoms with Gasteiger partial charge in [0.1, 0.15) is 0 Å². The van der Waals surface area contributed by atoms with Crippen LogP contribution in [-0.2, 0) is 16.1 Å². The summed E-state index contributed by atoms with van der Waals surface area (Å²) < 4.78 is 0. The highest BCUT2D eigenvalue weighted by atomic mass is 16.2. The van der Waals surface area contributed by atoms with Crippen molar-refractivity contribution in [2.75, 3.05) is 0 Å². The second kappa shape index (κ2) is 4.78. The van der Waals surface area contributed by atoms with Gasteiger partial charge in [0.15, 0.2) is 0 Å². The van der Waals surface area contributed by atoms with Crippen molar-refractivity contribution in [3.05, 3.63) is 83.4 Å². The molecule has 0 aromatic heterocycles. The van der Waals surface area contributed by atoms with Crippen LogP contribution in [0.5, 0.6) is 0 Å². The van der Waals surface area contributed by atoms with Crippen molar-refractivity contribution in [3.8, 4) is 0 Å². The molecule has 3 heteroatoms. The Hall–Kier alpha value is -2.94. The maximum atomic E-state index is 13.0. The molecule has 3 aromatic rings. The Bertz CT molecular complexity index is 936. The third-order valence-corrected chi connectivity index (χ3v) is 5.22. The van der Waals surface area contributed by atoms with Crippen molar-refractivity contribution < 1.29 is 9.59 Å². The molecule has 2 aliphatic rings. The third kappa shape index (κ3) is 1.67. The van der Waals surface area contributed by atoms with Crippen molar-refractivity contribution in [2.24, 2.45) is 0 Å². The number of imide groups is 1. The molecule has 2 atom stereocenters. The van der Waals surface area contributed by atoms with Crippen molar-refractivity contribution in [1.29, 1.82) is 0 Å². The molecule has 1 saturated heterocycles. The predicted octanol–water partition coefficient (Wildman–Crippen LogP) is 3.59. The molecule has 1 heterocycles. The molecule has 116 valence electrons. The summed E-state index contributed by atoms with van der Waals surface area (Å²) in [6.07, 6.45) is 0. The first-order valence-corrected chi connectivity index (χ1v) is 8.16. The van der Waals surface area contributed by atoms with Crippen LogP contribution >= 0.6 is 0 Å². The van der Waals surface area contributed by atoms with E-state index in [1.165, 1.54) is 4.90 Å². The van der Waals surface area contributed by atoms with Gasteiger partial charge >= 0.3 is 0 Å². The minimum Gasteiger partial charge on any atom is -0.277 e. The van der Waals surface area contributed by atoms with Crippen molar-refractivity contribution in [3.63, 3.8) is 0 Å². The fraction of sp³-hybridized carbons (Fsp3) is 0.143. The quantitative estimate of drug-likeness (QED) is 0.678. The summed E-state index contributed by atoms with van der Waals surface area (Å²) in [5, 5.41) is 2.20. The van der Waals surface area contributed by atoms with Gasteiger partial charge < -0.3 is 0 Å². The van der Waals surface area contributed by atoms with Gasteiger partial charge in [-0.2, -0.15) is 0 Å². The van der Waals surface area contributed by atoms with Crippen LogP contribution in [0.2, 0.25) is 0 Å². The zero-order valence-corrected chi connectivity index (χ0v) is 13.0. The van der Waals surface area contributed by atoms with Gasteiger partial charge in [0.2, 0.25) is 11.8 Å². The van der Waals surface area contributed by atoms with E-state index in [1.807, 2.05) is 66.7 Å². The van der Waals surface area contributed by atoms with Crippen LogP contribution in [0.4, 0.5) is 0 Å². The minimum absolute atomic E-state index is 0.0717. The molecule has 2 unspecified atom stereocenters. The molecule has 24 heavy (non-hydrogen) atoms. The van der Waals surface area contributed by atoms with Crippen LogP contribution in [-0.4, -0.2) is 16.7 Å². The molecular formula is C21H15NO2. The smallest absolute Gasteiger partial charge is 0.238 e. The summed E-state index contributed by atoms with van der Waals surface area (Å²) in [7, 11) is 0. The van der Waals surface area contributed by atoms with E-state index < -0.39 is 0 Å². The lowest BCUT2D eigenvalue weighted by Gasteiger charge is -2.16. The highest BCUT2D eigenvalue weighted by molar-refractivity contribution is 6.16. The summed E-state index contributed by atoms with van der Waals surface area (Å²) in [5.41, 5.74) is 2.98. The molecule has 2 amide bonds. The molecule has 1 aliphatic carbocycles. The highest BCUT2D eigenvalue weighted by Gasteiger charge is 2.53. The number of amides is 2. The third-order valence-electron chi connectivity index (χ3n) is 5.22. The van der Waals surface area contributed by atoms with Crippen molar-refractivity contribution in [2.45, 2.75) is 18.4 Å². The molecule has 3 nitrogen and oxygen atoms in total. The largest absolute Gasteiger partial charge is 0.277 e. The van der Waals surface area contributed by atoms with E-state index in [-0.39, 0.29) is 23.7 Å². The summed E-state index contributed by atoms with van der Waals surface area (Å²) in [6.45, 7) is 0.351. The standard InChI is InChI=1S/C21H15NO2/c23-20-18-15-10-4-8-14-9-5-11-16(17(14)15)19(18)21(24)22(20)12-13-6-2-1-3-7-13/h1-11,18-19H,12H2. The Labute approximate surface area is 139 Å². The number of rotatable bonds is 2. The SMILES string of the molecule is O=C1C2c3cccc4cccc(c34)C2C(=O)N1Cc1ccccc1. The van der Waals surface area contributed by atoms with Crippen LogP contribution in [0, 0.1) is 0 Å². The van der Waals surface area contributed by atoms with Gasteiger partial charge in [-0.05, 0) is 27.5 Å².